The van der Waals surface area contributed by atoms with Gasteiger partial charge in [-0.2, -0.15) is 0 Å². The lowest BCUT2D eigenvalue weighted by Crippen LogP contribution is -2.41. The summed E-state index contributed by atoms with van der Waals surface area (Å²) in [5.41, 5.74) is 0.353. The summed E-state index contributed by atoms with van der Waals surface area (Å²) in [4.78, 5) is 12.0. The van der Waals surface area contributed by atoms with Gasteiger partial charge in [-0.3, -0.25) is 9.10 Å². The molecule has 0 aliphatic rings. The number of hydrogen-bond donors (Lipinski definition) is 1. The van der Waals surface area contributed by atoms with E-state index in [1.54, 1.807) is 24.3 Å². The van der Waals surface area contributed by atoms with Crippen LogP contribution in [0.15, 0.2) is 24.3 Å². The average molecular weight is 328 g/mol. The van der Waals surface area contributed by atoms with Gasteiger partial charge in [-0.1, -0.05) is 26.0 Å². The quantitative estimate of drug-likeness (QED) is 0.787. The lowest BCUT2D eigenvalue weighted by Gasteiger charge is -2.23. The third-order valence-corrected chi connectivity index (χ3v) is 4.21. The second kappa shape index (κ2) is 8.03. The van der Waals surface area contributed by atoms with Gasteiger partial charge in [0, 0.05) is 6.54 Å². The Hall–Kier alpha value is -1.76. The monoisotopic (exact) mass is 328 g/mol. The van der Waals surface area contributed by atoms with Gasteiger partial charge in [0.05, 0.1) is 19.1 Å². The summed E-state index contributed by atoms with van der Waals surface area (Å²) in [6, 6.07) is 6.71. The smallest absolute Gasteiger partial charge is 0.240 e. The molecule has 0 heterocycles. The first-order valence-corrected chi connectivity index (χ1v) is 8.98. The number of benzene rings is 1. The van der Waals surface area contributed by atoms with E-state index < -0.39 is 10.0 Å². The molecular weight excluding hydrogens is 304 g/mol. The molecule has 124 valence electrons. The highest BCUT2D eigenvalue weighted by molar-refractivity contribution is 7.92. The van der Waals surface area contributed by atoms with Gasteiger partial charge >= 0.3 is 0 Å². The van der Waals surface area contributed by atoms with Gasteiger partial charge in [-0.15, -0.1) is 0 Å². The van der Waals surface area contributed by atoms with E-state index in [1.807, 2.05) is 0 Å². The molecule has 0 spiro atoms. The normalized spacial score (nSPS) is 11.3. The first-order chi connectivity index (χ1) is 10.3. The zero-order chi connectivity index (χ0) is 16.8. The van der Waals surface area contributed by atoms with Gasteiger partial charge < -0.3 is 10.1 Å². The van der Waals surface area contributed by atoms with Crippen molar-refractivity contribution in [1.82, 2.24) is 5.32 Å². The summed E-state index contributed by atoms with van der Waals surface area (Å²) in [6.45, 7) is 4.38. The minimum absolute atomic E-state index is 0.267. The second-order valence-corrected chi connectivity index (χ2v) is 7.38. The Morgan fingerprint density at radius 3 is 2.50 bits per heavy atom. The van der Waals surface area contributed by atoms with Gasteiger partial charge in [0.15, 0.2) is 0 Å². The molecule has 1 N–H and O–H groups in total. The van der Waals surface area contributed by atoms with Crippen molar-refractivity contribution in [3.05, 3.63) is 24.3 Å². The molecule has 0 unspecified atom stereocenters. The van der Waals surface area contributed by atoms with Crippen molar-refractivity contribution in [3.8, 4) is 5.75 Å². The first-order valence-electron chi connectivity index (χ1n) is 7.13. The Balaban J connectivity index is 2.89. The predicted octanol–water partition coefficient (Wildman–Crippen LogP) is 1.62. The van der Waals surface area contributed by atoms with Crippen LogP contribution in [0.1, 0.15) is 20.3 Å². The van der Waals surface area contributed by atoms with Crippen molar-refractivity contribution in [2.24, 2.45) is 5.92 Å². The minimum Gasteiger partial charge on any atom is -0.495 e. The topological polar surface area (TPSA) is 75.7 Å². The molecule has 0 aliphatic carbocycles. The number of nitrogens with zero attached hydrogens (tertiary/aromatic N) is 1. The summed E-state index contributed by atoms with van der Waals surface area (Å²) >= 11 is 0. The standard InChI is InChI=1S/C15H24N2O4S/c1-12(2)9-10-16-15(18)11-17(22(4,19)20)13-7-5-6-8-14(13)21-3/h5-8,12H,9-11H2,1-4H3,(H,16,18). The van der Waals surface area contributed by atoms with Crippen LogP contribution in [0.3, 0.4) is 0 Å². The fourth-order valence-electron chi connectivity index (χ4n) is 1.90. The largest absolute Gasteiger partial charge is 0.495 e. The molecule has 0 bridgehead atoms. The van der Waals surface area contributed by atoms with E-state index in [-0.39, 0.29) is 12.5 Å². The third-order valence-electron chi connectivity index (χ3n) is 3.09. The Morgan fingerprint density at radius 2 is 1.95 bits per heavy atom. The molecule has 0 aliphatic heterocycles. The number of methoxy groups -OCH3 is 1. The highest BCUT2D eigenvalue weighted by Gasteiger charge is 2.23. The Labute approximate surface area is 132 Å². The van der Waals surface area contributed by atoms with E-state index in [1.165, 1.54) is 7.11 Å². The minimum atomic E-state index is -3.59. The van der Waals surface area contributed by atoms with Crippen LogP contribution in [0.5, 0.6) is 5.75 Å². The van der Waals surface area contributed by atoms with Crippen LogP contribution >= 0.6 is 0 Å². The van der Waals surface area contributed by atoms with Crippen LogP contribution in [0, 0.1) is 5.92 Å². The number of hydrogen-bond acceptors (Lipinski definition) is 4. The van der Waals surface area contributed by atoms with Crippen molar-refractivity contribution in [3.63, 3.8) is 0 Å². The maximum Gasteiger partial charge on any atom is 0.240 e. The molecule has 6 nitrogen and oxygen atoms in total. The summed E-state index contributed by atoms with van der Waals surface area (Å²) in [5.74, 6) is 0.542. The molecule has 0 aromatic heterocycles. The van der Waals surface area contributed by atoms with E-state index in [0.29, 0.717) is 23.9 Å². The molecule has 1 aromatic carbocycles. The number of nitrogens with one attached hydrogen (secondary N) is 1. The van der Waals surface area contributed by atoms with Gasteiger partial charge in [-0.05, 0) is 24.5 Å². The molecule has 0 atom stereocenters. The van der Waals surface area contributed by atoms with Crippen molar-refractivity contribution in [2.45, 2.75) is 20.3 Å². The van der Waals surface area contributed by atoms with E-state index in [0.717, 1.165) is 17.0 Å². The Bertz CT molecular complexity index is 599. The average Bonchev–Trinajstić information content (AvgIpc) is 2.43. The van der Waals surface area contributed by atoms with Crippen molar-refractivity contribution >= 4 is 21.6 Å². The lowest BCUT2D eigenvalue weighted by molar-refractivity contribution is -0.119. The molecule has 7 heteroatoms. The van der Waals surface area contributed by atoms with Crippen molar-refractivity contribution in [1.29, 1.82) is 0 Å². The molecule has 0 fully saturated rings. The maximum absolute atomic E-state index is 12.0. The molecule has 1 amide bonds. The third kappa shape index (κ3) is 5.55. The van der Waals surface area contributed by atoms with Crippen molar-refractivity contribution in [2.75, 3.05) is 30.8 Å². The van der Waals surface area contributed by atoms with Gasteiger partial charge in [0.1, 0.15) is 12.3 Å². The molecule has 0 radical (unpaired) electrons. The summed E-state index contributed by atoms with van der Waals surface area (Å²) in [7, 11) is -2.13. The molecule has 1 aromatic rings. The fraction of sp³-hybridized carbons (Fsp3) is 0.533. The van der Waals surface area contributed by atoms with Gasteiger partial charge in [-0.25, -0.2) is 8.42 Å². The lowest BCUT2D eigenvalue weighted by atomic mass is 10.1. The molecule has 1 rings (SSSR count). The highest BCUT2D eigenvalue weighted by atomic mass is 32.2. The number of sulfonamides is 1. The van der Waals surface area contributed by atoms with Crippen LogP contribution in [0.25, 0.3) is 0 Å². The zero-order valence-corrected chi connectivity index (χ0v) is 14.3. The predicted molar refractivity (Wildman–Crippen MR) is 87.6 cm³/mol. The van der Waals surface area contributed by atoms with E-state index in [2.05, 4.69) is 19.2 Å². The number of anilines is 1. The fourth-order valence-corrected chi connectivity index (χ4v) is 2.76. The van der Waals surface area contributed by atoms with Crippen LogP contribution in [0.4, 0.5) is 5.69 Å². The maximum atomic E-state index is 12.0. The van der Waals surface area contributed by atoms with Crippen LogP contribution < -0.4 is 14.4 Å². The zero-order valence-electron chi connectivity index (χ0n) is 13.5. The van der Waals surface area contributed by atoms with Crippen LogP contribution in [-0.4, -0.2) is 40.8 Å². The number of carbonyl (C=O) groups excluding carboxylic acids is 1. The van der Waals surface area contributed by atoms with E-state index in [4.69, 9.17) is 4.74 Å². The SMILES string of the molecule is COc1ccccc1N(CC(=O)NCCC(C)C)S(C)(=O)=O. The molecule has 0 saturated carbocycles. The Kier molecular flexibility index (Phi) is 6.67. The second-order valence-electron chi connectivity index (χ2n) is 5.47. The van der Waals surface area contributed by atoms with E-state index in [9.17, 15) is 13.2 Å². The summed E-state index contributed by atoms with van der Waals surface area (Å²) in [5, 5.41) is 2.74. The molecule has 22 heavy (non-hydrogen) atoms. The Morgan fingerprint density at radius 1 is 1.32 bits per heavy atom. The summed E-state index contributed by atoms with van der Waals surface area (Å²) in [6.07, 6.45) is 1.92. The number of carbonyl (C=O) groups is 1. The van der Waals surface area contributed by atoms with Gasteiger partial charge in [0.25, 0.3) is 0 Å². The number of rotatable bonds is 8. The summed E-state index contributed by atoms with van der Waals surface area (Å²) < 4.78 is 30.2. The number of para-hydroxylation sites is 2. The van der Waals surface area contributed by atoms with Crippen LogP contribution in [0.2, 0.25) is 0 Å². The molecule has 0 saturated heterocycles. The first kappa shape index (κ1) is 18.3. The molecular formula is C15H24N2O4S. The van der Waals surface area contributed by atoms with Gasteiger partial charge in [0.2, 0.25) is 15.9 Å². The number of amides is 1. The van der Waals surface area contributed by atoms with Crippen LogP contribution in [-0.2, 0) is 14.8 Å². The van der Waals surface area contributed by atoms with E-state index >= 15 is 0 Å². The highest BCUT2D eigenvalue weighted by Crippen LogP contribution is 2.29. The van der Waals surface area contributed by atoms with Crippen molar-refractivity contribution < 1.29 is 17.9 Å². The number of ether oxygens (including phenoxy) is 1.